The Kier molecular flexibility index (Phi) is 7.76. The molecule has 0 spiro atoms. The van der Waals surface area contributed by atoms with Gasteiger partial charge < -0.3 is 4.74 Å². The fraction of sp³-hybridized carbons (Fsp3) is 0.900. The van der Waals surface area contributed by atoms with Crippen LogP contribution in [0, 0.1) is 5.92 Å². The Morgan fingerprint density at radius 1 is 1.20 bits per heavy atom. The molecule has 0 saturated carbocycles. The maximum atomic E-state index is 11.6. The van der Waals surface area contributed by atoms with Crippen molar-refractivity contribution >= 4 is 40.8 Å². The number of carbonyl (C=O) groups is 1. The monoisotopic (exact) mass is 274 g/mol. The summed E-state index contributed by atoms with van der Waals surface area (Å²) in [5.41, 5.74) is 0. The lowest BCUT2D eigenvalue weighted by atomic mass is 9.99. The van der Waals surface area contributed by atoms with E-state index < -0.39 is 3.79 Å². The SMILES string of the molecule is CCCC(CCC)C(=O)OCC(Cl)(Cl)Cl. The normalized spacial score (nSPS) is 11.9. The van der Waals surface area contributed by atoms with Crippen LogP contribution in [0.5, 0.6) is 0 Å². The maximum absolute atomic E-state index is 11.6. The number of esters is 1. The molecule has 0 N–H and O–H groups in total. The summed E-state index contributed by atoms with van der Waals surface area (Å²) in [5.74, 6) is -0.322. The highest BCUT2D eigenvalue weighted by Gasteiger charge is 2.25. The second-order valence-electron chi connectivity index (χ2n) is 3.50. The molecule has 90 valence electrons. The predicted octanol–water partition coefficient (Wildman–Crippen LogP) is 4.12. The van der Waals surface area contributed by atoms with Gasteiger partial charge in [-0.2, -0.15) is 0 Å². The number of halogens is 3. The van der Waals surface area contributed by atoms with E-state index in [-0.39, 0.29) is 18.5 Å². The molecule has 0 amide bonds. The predicted molar refractivity (Wildman–Crippen MR) is 64.6 cm³/mol. The minimum atomic E-state index is -1.52. The van der Waals surface area contributed by atoms with E-state index in [9.17, 15) is 4.79 Å². The molecule has 0 aromatic heterocycles. The standard InChI is InChI=1S/C10H17Cl3O2/c1-3-5-8(6-4-2)9(14)15-7-10(11,12)13/h8H,3-7H2,1-2H3. The van der Waals surface area contributed by atoms with E-state index in [1.807, 2.05) is 13.8 Å². The number of hydrogen-bond acceptors (Lipinski definition) is 2. The van der Waals surface area contributed by atoms with Gasteiger partial charge in [-0.25, -0.2) is 0 Å². The zero-order chi connectivity index (χ0) is 11.9. The second-order valence-corrected chi connectivity index (χ2v) is 6.01. The van der Waals surface area contributed by atoms with Crippen molar-refractivity contribution < 1.29 is 9.53 Å². The summed E-state index contributed by atoms with van der Waals surface area (Å²) in [4.78, 5) is 11.6. The molecular formula is C10H17Cl3O2. The molecule has 5 heteroatoms. The average molecular weight is 276 g/mol. The Balaban J connectivity index is 4.02. The highest BCUT2D eigenvalue weighted by Crippen LogP contribution is 2.27. The van der Waals surface area contributed by atoms with E-state index >= 15 is 0 Å². The van der Waals surface area contributed by atoms with Gasteiger partial charge in [-0.05, 0) is 12.8 Å². The van der Waals surface area contributed by atoms with Crippen molar-refractivity contribution in [1.29, 1.82) is 0 Å². The molecule has 0 saturated heterocycles. The third kappa shape index (κ3) is 8.18. The minimum absolute atomic E-state index is 0.0626. The molecule has 0 aromatic carbocycles. The summed E-state index contributed by atoms with van der Waals surface area (Å²) < 4.78 is 3.42. The van der Waals surface area contributed by atoms with Gasteiger partial charge in [0.15, 0.2) is 0 Å². The molecule has 0 aliphatic rings. The van der Waals surface area contributed by atoms with E-state index in [1.54, 1.807) is 0 Å². The molecule has 0 heterocycles. The van der Waals surface area contributed by atoms with E-state index in [4.69, 9.17) is 39.5 Å². The van der Waals surface area contributed by atoms with Crippen LogP contribution < -0.4 is 0 Å². The van der Waals surface area contributed by atoms with Crippen molar-refractivity contribution in [1.82, 2.24) is 0 Å². The first-order valence-electron chi connectivity index (χ1n) is 5.14. The van der Waals surface area contributed by atoms with Gasteiger partial charge in [0, 0.05) is 0 Å². The Labute approximate surface area is 106 Å². The Morgan fingerprint density at radius 2 is 1.67 bits per heavy atom. The summed E-state index contributed by atoms with van der Waals surface area (Å²) in [6.07, 6.45) is 3.56. The molecule has 0 aliphatic heterocycles. The van der Waals surface area contributed by atoms with Gasteiger partial charge in [0.25, 0.3) is 0 Å². The molecule has 0 bridgehead atoms. The first-order chi connectivity index (χ1) is 6.90. The van der Waals surface area contributed by atoms with Crippen molar-refractivity contribution in [3.05, 3.63) is 0 Å². The molecule has 0 fully saturated rings. The molecule has 0 radical (unpaired) electrons. The summed E-state index contributed by atoms with van der Waals surface area (Å²) in [6, 6.07) is 0. The smallest absolute Gasteiger partial charge is 0.309 e. The number of rotatable bonds is 6. The van der Waals surface area contributed by atoms with Gasteiger partial charge in [-0.1, -0.05) is 61.5 Å². The molecule has 2 nitrogen and oxygen atoms in total. The zero-order valence-corrected chi connectivity index (χ0v) is 11.3. The van der Waals surface area contributed by atoms with Crippen LogP contribution in [-0.4, -0.2) is 16.4 Å². The van der Waals surface area contributed by atoms with Crippen molar-refractivity contribution in [2.75, 3.05) is 6.61 Å². The molecule has 0 atom stereocenters. The fourth-order valence-electron chi connectivity index (χ4n) is 1.35. The van der Waals surface area contributed by atoms with Gasteiger partial charge >= 0.3 is 5.97 Å². The summed E-state index contributed by atoms with van der Waals surface area (Å²) in [7, 11) is 0. The van der Waals surface area contributed by atoms with Crippen LogP contribution in [0.4, 0.5) is 0 Å². The van der Waals surface area contributed by atoms with E-state index in [0.29, 0.717) is 0 Å². The highest BCUT2D eigenvalue weighted by molar-refractivity contribution is 6.67. The fourth-order valence-corrected chi connectivity index (χ4v) is 1.51. The van der Waals surface area contributed by atoms with Crippen LogP contribution >= 0.6 is 34.8 Å². The third-order valence-electron chi connectivity index (χ3n) is 1.99. The van der Waals surface area contributed by atoms with Gasteiger partial charge in [0.05, 0.1) is 5.92 Å². The third-order valence-corrected chi connectivity index (χ3v) is 2.31. The first kappa shape index (κ1) is 15.3. The summed E-state index contributed by atoms with van der Waals surface area (Å²) in [5, 5.41) is 0. The van der Waals surface area contributed by atoms with Crippen molar-refractivity contribution in [2.45, 2.75) is 43.3 Å². The van der Waals surface area contributed by atoms with Crippen molar-refractivity contribution in [3.8, 4) is 0 Å². The topological polar surface area (TPSA) is 26.3 Å². The lowest BCUT2D eigenvalue weighted by Crippen LogP contribution is -2.23. The number of ether oxygens (including phenoxy) is 1. The largest absolute Gasteiger partial charge is 0.461 e. The molecule has 0 unspecified atom stereocenters. The maximum Gasteiger partial charge on any atom is 0.309 e. The summed E-state index contributed by atoms with van der Waals surface area (Å²) >= 11 is 16.5. The van der Waals surface area contributed by atoms with Crippen LogP contribution in [0.25, 0.3) is 0 Å². The highest BCUT2D eigenvalue weighted by atomic mass is 35.6. The molecule has 15 heavy (non-hydrogen) atoms. The van der Waals surface area contributed by atoms with E-state index in [2.05, 4.69) is 0 Å². The van der Waals surface area contributed by atoms with Crippen LogP contribution in [0.15, 0.2) is 0 Å². The first-order valence-corrected chi connectivity index (χ1v) is 6.27. The Morgan fingerprint density at radius 3 is 2.00 bits per heavy atom. The number of carbonyl (C=O) groups excluding carboxylic acids is 1. The summed E-state index contributed by atoms with van der Waals surface area (Å²) in [6.45, 7) is 3.89. The zero-order valence-electron chi connectivity index (χ0n) is 9.06. The second kappa shape index (κ2) is 7.59. The van der Waals surface area contributed by atoms with Crippen LogP contribution in [0.1, 0.15) is 39.5 Å². The lowest BCUT2D eigenvalue weighted by Gasteiger charge is -2.16. The van der Waals surface area contributed by atoms with E-state index in [0.717, 1.165) is 25.7 Å². The molecule has 0 aliphatic carbocycles. The molecule has 0 rings (SSSR count). The number of alkyl halides is 3. The van der Waals surface area contributed by atoms with E-state index in [1.165, 1.54) is 0 Å². The van der Waals surface area contributed by atoms with Crippen LogP contribution in [0.3, 0.4) is 0 Å². The van der Waals surface area contributed by atoms with Gasteiger partial charge in [0.2, 0.25) is 3.79 Å². The Hall–Kier alpha value is 0.340. The van der Waals surface area contributed by atoms with Crippen LogP contribution in [0.2, 0.25) is 0 Å². The number of hydrogen-bond donors (Lipinski definition) is 0. The van der Waals surface area contributed by atoms with Crippen LogP contribution in [-0.2, 0) is 9.53 Å². The van der Waals surface area contributed by atoms with Gasteiger partial charge in [-0.3, -0.25) is 4.79 Å². The van der Waals surface area contributed by atoms with Gasteiger partial charge in [0.1, 0.15) is 6.61 Å². The van der Waals surface area contributed by atoms with Crippen molar-refractivity contribution in [2.24, 2.45) is 5.92 Å². The minimum Gasteiger partial charge on any atom is -0.461 e. The average Bonchev–Trinajstić information content (AvgIpc) is 2.13. The molecular weight excluding hydrogens is 258 g/mol. The van der Waals surface area contributed by atoms with Gasteiger partial charge in [-0.15, -0.1) is 0 Å². The van der Waals surface area contributed by atoms with Crippen molar-refractivity contribution in [3.63, 3.8) is 0 Å². The Bertz CT molecular complexity index is 184. The quantitative estimate of drug-likeness (QED) is 0.538. The molecule has 0 aromatic rings. The lowest BCUT2D eigenvalue weighted by molar-refractivity contribution is -0.148.